The van der Waals surface area contributed by atoms with Gasteiger partial charge in [0.15, 0.2) is 5.16 Å². The van der Waals surface area contributed by atoms with Gasteiger partial charge in [0.1, 0.15) is 0 Å². The molecule has 1 amide bonds. The van der Waals surface area contributed by atoms with Gasteiger partial charge in [0.2, 0.25) is 5.91 Å². The maximum Gasteiger partial charge on any atom is 0.262 e. The largest absolute Gasteiger partial charge is 0.396 e. The molecular formula is C23H27N3O3S. The minimum absolute atomic E-state index is 0.0220. The first-order valence-electron chi connectivity index (χ1n) is 10.1. The van der Waals surface area contributed by atoms with E-state index in [-0.39, 0.29) is 18.1 Å². The highest BCUT2D eigenvalue weighted by atomic mass is 32.2. The lowest BCUT2D eigenvalue weighted by Crippen LogP contribution is -2.27. The number of aliphatic hydroxyl groups excluding tert-OH is 1. The van der Waals surface area contributed by atoms with Gasteiger partial charge in [0.05, 0.1) is 16.2 Å². The van der Waals surface area contributed by atoms with E-state index in [0.717, 1.165) is 5.69 Å². The van der Waals surface area contributed by atoms with Gasteiger partial charge in [0.25, 0.3) is 5.56 Å². The fraction of sp³-hybridized carbons (Fsp3) is 0.348. The van der Waals surface area contributed by atoms with Gasteiger partial charge in [-0.05, 0) is 49.1 Å². The van der Waals surface area contributed by atoms with Crippen LogP contribution in [0.15, 0.2) is 58.5 Å². The predicted octanol–water partition coefficient (Wildman–Crippen LogP) is 4.02. The number of hydrogen-bond acceptors (Lipinski definition) is 5. The fourth-order valence-corrected chi connectivity index (χ4v) is 4.01. The van der Waals surface area contributed by atoms with Crippen LogP contribution >= 0.6 is 11.8 Å². The van der Waals surface area contributed by atoms with Crippen molar-refractivity contribution >= 4 is 34.3 Å². The molecule has 0 radical (unpaired) electrons. The zero-order valence-corrected chi connectivity index (χ0v) is 18.3. The number of para-hydroxylation sites is 1. The monoisotopic (exact) mass is 425 g/mol. The number of rotatable bonds is 8. The Morgan fingerprint density at radius 2 is 1.83 bits per heavy atom. The lowest BCUT2D eigenvalue weighted by molar-refractivity contribution is -0.115. The van der Waals surface area contributed by atoms with E-state index >= 15 is 0 Å². The summed E-state index contributed by atoms with van der Waals surface area (Å²) in [6, 6.07) is 15.0. The second kappa shape index (κ2) is 9.91. The Labute approximate surface area is 180 Å². The lowest BCUT2D eigenvalue weighted by atomic mass is 10.0. The molecule has 0 unspecified atom stereocenters. The molecule has 0 bridgehead atoms. The molecule has 0 aliphatic heterocycles. The molecule has 0 aliphatic rings. The third-order valence-electron chi connectivity index (χ3n) is 4.86. The summed E-state index contributed by atoms with van der Waals surface area (Å²) in [6.45, 7) is 6.37. The maximum atomic E-state index is 12.9. The molecule has 30 heavy (non-hydrogen) atoms. The van der Waals surface area contributed by atoms with E-state index in [1.807, 2.05) is 30.3 Å². The molecule has 7 heteroatoms. The molecule has 0 fully saturated rings. The van der Waals surface area contributed by atoms with E-state index in [2.05, 4.69) is 24.1 Å². The maximum absolute atomic E-state index is 12.9. The third-order valence-corrected chi connectivity index (χ3v) is 5.95. The number of nitrogens with one attached hydrogen (secondary N) is 1. The smallest absolute Gasteiger partial charge is 0.262 e. The van der Waals surface area contributed by atoms with Gasteiger partial charge in [-0.2, -0.15) is 0 Å². The number of carbonyl (C=O) groups excluding carboxylic acids is 1. The lowest BCUT2D eigenvalue weighted by Gasteiger charge is -2.16. The van der Waals surface area contributed by atoms with Crippen molar-refractivity contribution in [2.75, 3.05) is 11.9 Å². The summed E-state index contributed by atoms with van der Waals surface area (Å²) >= 11 is 1.24. The first kappa shape index (κ1) is 22.1. The molecule has 6 nitrogen and oxygen atoms in total. The molecule has 2 N–H and O–H groups in total. The second-order valence-corrected chi connectivity index (χ2v) is 8.78. The zero-order valence-electron chi connectivity index (χ0n) is 17.5. The van der Waals surface area contributed by atoms with Gasteiger partial charge in [0, 0.05) is 18.8 Å². The number of fused-ring (bicyclic) bond motifs is 1. The highest BCUT2D eigenvalue weighted by Crippen LogP contribution is 2.24. The minimum atomic E-state index is -0.455. The first-order valence-corrected chi connectivity index (χ1v) is 11.0. The summed E-state index contributed by atoms with van der Waals surface area (Å²) < 4.78 is 1.55. The Bertz CT molecular complexity index is 1080. The van der Waals surface area contributed by atoms with Gasteiger partial charge in [-0.25, -0.2) is 4.98 Å². The van der Waals surface area contributed by atoms with Crippen LogP contribution in [-0.2, 0) is 11.3 Å². The first-order chi connectivity index (χ1) is 14.4. The van der Waals surface area contributed by atoms with E-state index in [4.69, 9.17) is 0 Å². The van der Waals surface area contributed by atoms with Gasteiger partial charge in [-0.1, -0.05) is 49.9 Å². The van der Waals surface area contributed by atoms with Crippen LogP contribution in [0.5, 0.6) is 0 Å². The van der Waals surface area contributed by atoms with E-state index < -0.39 is 5.25 Å². The average molecular weight is 426 g/mol. The van der Waals surface area contributed by atoms with Crippen molar-refractivity contribution in [1.29, 1.82) is 0 Å². The number of thioether (sulfide) groups is 1. The molecule has 1 atom stereocenters. The SMILES string of the molecule is CC(C)c1ccc(NC(=O)[C@H](C)Sc2nc3ccccc3c(=O)n2CCCO)cc1. The van der Waals surface area contributed by atoms with Crippen molar-refractivity contribution < 1.29 is 9.90 Å². The molecule has 3 rings (SSSR count). The van der Waals surface area contributed by atoms with Crippen LogP contribution < -0.4 is 10.9 Å². The van der Waals surface area contributed by atoms with Crippen molar-refractivity contribution in [1.82, 2.24) is 9.55 Å². The van der Waals surface area contributed by atoms with E-state index in [0.29, 0.717) is 34.9 Å². The highest BCUT2D eigenvalue weighted by Gasteiger charge is 2.19. The number of aromatic nitrogens is 2. The quantitative estimate of drug-likeness (QED) is 0.421. The fourth-order valence-electron chi connectivity index (χ4n) is 3.07. The van der Waals surface area contributed by atoms with Gasteiger partial charge in [-0.3, -0.25) is 14.2 Å². The molecule has 1 aromatic heterocycles. The molecule has 0 saturated carbocycles. The van der Waals surface area contributed by atoms with Crippen LogP contribution in [0.2, 0.25) is 0 Å². The number of anilines is 1. The molecule has 0 saturated heterocycles. The summed E-state index contributed by atoms with van der Waals surface area (Å²) in [5.41, 5.74) is 2.39. The number of carbonyl (C=O) groups is 1. The van der Waals surface area contributed by atoms with Gasteiger partial charge in [-0.15, -0.1) is 0 Å². The number of aliphatic hydroxyl groups is 1. The van der Waals surface area contributed by atoms with Crippen LogP contribution in [-0.4, -0.2) is 32.4 Å². The average Bonchev–Trinajstić information content (AvgIpc) is 2.74. The Balaban J connectivity index is 1.81. The van der Waals surface area contributed by atoms with Gasteiger partial charge >= 0.3 is 0 Å². The second-order valence-electron chi connectivity index (χ2n) is 7.47. The minimum Gasteiger partial charge on any atom is -0.396 e. The molecule has 0 aliphatic carbocycles. The van der Waals surface area contributed by atoms with E-state index in [9.17, 15) is 14.7 Å². The van der Waals surface area contributed by atoms with Crippen LogP contribution in [0, 0.1) is 0 Å². The van der Waals surface area contributed by atoms with Crippen molar-refractivity contribution in [2.45, 2.75) is 50.1 Å². The normalized spacial score (nSPS) is 12.3. The van der Waals surface area contributed by atoms with Crippen LogP contribution in [0.3, 0.4) is 0 Å². The number of nitrogens with zero attached hydrogens (tertiary/aromatic N) is 2. The molecule has 3 aromatic rings. The van der Waals surface area contributed by atoms with E-state index in [1.165, 1.54) is 17.3 Å². The third kappa shape index (κ3) is 5.09. The number of hydrogen-bond donors (Lipinski definition) is 2. The topological polar surface area (TPSA) is 84.2 Å². The van der Waals surface area contributed by atoms with Crippen LogP contribution in [0.4, 0.5) is 5.69 Å². The summed E-state index contributed by atoms with van der Waals surface area (Å²) in [7, 11) is 0. The molecule has 158 valence electrons. The van der Waals surface area contributed by atoms with E-state index in [1.54, 1.807) is 29.7 Å². The van der Waals surface area contributed by atoms with Crippen molar-refractivity contribution in [3.05, 3.63) is 64.4 Å². The summed E-state index contributed by atoms with van der Waals surface area (Å²) in [5, 5.41) is 12.7. The standard InChI is InChI=1S/C23H27N3O3S/c1-15(2)17-9-11-18(12-10-17)24-21(28)16(3)30-23-25-20-8-5-4-7-19(20)22(29)26(23)13-6-14-27/h4-5,7-12,15-16,27H,6,13-14H2,1-3H3,(H,24,28)/t16-/m0/s1. The Hall–Kier alpha value is -2.64. The van der Waals surface area contributed by atoms with Crippen molar-refractivity contribution in [3.63, 3.8) is 0 Å². The molecular weight excluding hydrogens is 398 g/mol. The van der Waals surface area contributed by atoms with Gasteiger partial charge < -0.3 is 10.4 Å². The van der Waals surface area contributed by atoms with Crippen LogP contribution in [0.1, 0.15) is 38.7 Å². The van der Waals surface area contributed by atoms with Crippen LogP contribution in [0.25, 0.3) is 10.9 Å². The summed E-state index contributed by atoms with van der Waals surface area (Å²) in [5.74, 6) is 0.271. The van der Waals surface area contributed by atoms with Crippen molar-refractivity contribution in [3.8, 4) is 0 Å². The summed E-state index contributed by atoms with van der Waals surface area (Å²) in [4.78, 5) is 30.2. The Kier molecular flexibility index (Phi) is 7.29. The highest BCUT2D eigenvalue weighted by molar-refractivity contribution is 8.00. The Morgan fingerprint density at radius 1 is 1.13 bits per heavy atom. The number of benzene rings is 2. The zero-order chi connectivity index (χ0) is 21.7. The Morgan fingerprint density at radius 3 is 2.50 bits per heavy atom. The molecule has 0 spiro atoms. The predicted molar refractivity (Wildman–Crippen MR) is 122 cm³/mol. The number of amides is 1. The molecule has 2 aromatic carbocycles. The van der Waals surface area contributed by atoms with Crippen molar-refractivity contribution in [2.24, 2.45) is 0 Å². The molecule has 1 heterocycles. The summed E-state index contributed by atoms with van der Waals surface area (Å²) in [6.07, 6.45) is 0.441.